The Morgan fingerprint density at radius 3 is 2.35 bits per heavy atom. The fourth-order valence-electron chi connectivity index (χ4n) is 3.16. The normalized spacial score (nSPS) is 27.9. The maximum absolute atomic E-state index is 12.0. The van der Waals surface area contributed by atoms with E-state index in [-0.39, 0.29) is 29.8 Å². The lowest BCUT2D eigenvalue weighted by Crippen LogP contribution is -2.55. The highest BCUT2D eigenvalue weighted by Gasteiger charge is 2.41. The van der Waals surface area contributed by atoms with Gasteiger partial charge in [0, 0.05) is 6.42 Å². The van der Waals surface area contributed by atoms with Gasteiger partial charge in [0.25, 0.3) is 0 Å². The molecule has 1 saturated heterocycles. The van der Waals surface area contributed by atoms with E-state index in [4.69, 9.17) is 0 Å². The minimum Gasteiger partial charge on any atom is -0.480 e. The third kappa shape index (κ3) is 3.50. The van der Waals surface area contributed by atoms with Crippen LogP contribution in [-0.4, -0.2) is 42.4 Å². The molecule has 1 unspecified atom stereocenters. The van der Waals surface area contributed by atoms with Crippen molar-refractivity contribution in [2.75, 3.05) is 11.5 Å². The molecule has 2 aliphatic rings. The topological polar surface area (TPSA) is 101 Å². The third-order valence-corrected chi connectivity index (χ3v) is 6.13. The molecule has 6 nitrogen and oxygen atoms in total. The molecule has 20 heavy (non-hydrogen) atoms. The number of nitrogens with one attached hydrogen (secondary N) is 1. The molecule has 1 aliphatic heterocycles. The molecule has 0 aromatic rings. The zero-order valence-electron chi connectivity index (χ0n) is 11.4. The molecule has 2 fully saturated rings. The molecule has 1 amide bonds. The van der Waals surface area contributed by atoms with Crippen molar-refractivity contribution < 1.29 is 23.1 Å². The van der Waals surface area contributed by atoms with Gasteiger partial charge in [-0.15, -0.1) is 0 Å². The van der Waals surface area contributed by atoms with Gasteiger partial charge in [-0.1, -0.05) is 19.3 Å². The summed E-state index contributed by atoms with van der Waals surface area (Å²) in [5, 5.41) is 12.0. The highest BCUT2D eigenvalue weighted by atomic mass is 32.2. The number of carboxylic acids is 1. The van der Waals surface area contributed by atoms with Gasteiger partial charge in [-0.3, -0.25) is 4.79 Å². The van der Waals surface area contributed by atoms with Crippen LogP contribution in [0.2, 0.25) is 0 Å². The van der Waals surface area contributed by atoms with Crippen LogP contribution in [0.25, 0.3) is 0 Å². The lowest BCUT2D eigenvalue weighted by atomic mass is 9.81. The summed E-state index contributed by atoms with van der Waals surface area (Å²) in [6, 6.07) is 0. The summed E-state index contributed by atoms with van der Waals surface area (Å²) in [6.45, 7) is 0. The van der Waals surface area contributed by atoms with Crippen LogP contribution in [0.15, 0.2) is 0 Å². The second-order valence-corrected chi connectivity index (χ2v) is 8.20. The quantitative estimate of drug-likeness (QED) is 0.797. The van der Waals surface area contributed by atoms with E-state index in [9.17, 15) is 23.1 Å². The monoisotopic (exact) mass is 303 g/mol. The first-order valence-corrected chi connectivity index (χ1v) is 8.90. The van der Waals surface area contributed by atoms with Gasteiger partial charge in [0.2, 0.25) is 5.91 Å². The maximum atomic E-state index is 12.0. The van der Waals surface area contributed by atoms with Crippen molar-refractivity contribution in [3.8, 4) is 0 Å². The highest BCUT2D eigenvalue weighted by Crippen LogP contribution is 2.29. The summed E-state index contributed by atoms with van der Waals surface area (Å²) in [4.78, 5) is 23.5. The Bertz CT molecular complexity index is 493. The molecular formula is C13H21NO5S. The number of carbonyl (C=O) groups excluding carboxylic acids is 1. The first-order chi connectivity index (χ1) is 9.33. The fraction of sp³-hybridized carbons (Fsp3) is 0.846. The Kier molecular flexibility index (Phi) is 4.36. The van der Waals surface area contributed by atoms with E-state index in [1.165, 1.54) is 0 Å². The van der Waals surface area contributed by atoms with Gasteiger partial charge >= 0.3 is 5.97 Å². The molecule has 114 valence electrons. The molecule has 0 radical (unpaired) electrons. The van der Waals surface area contributed by atoms with Gasteiger partial charge < -0.3 is 10.4 Å². The predicted molar refractivity (Wildman–Crippen MR) is 73.0 cm³/mol. The third-order valence-electron chi connectivity index (χ3n) is 4.30. The molecule has 1 heterocycles. The number of sulfone groups is 1. The highest BCUT2D eigenvalue weighted by molar-refractivity contribution is 7.91. The van der Waals surface area contributed by atoms with Gasteiger partial charge in [-0.25, -0.2) is 13.2 Å². The summed E-state index contributed by atoms with van der Waals surface area (Å²) in [6.07, 6.45) is 4.10. The summed E-state index contributed by atoms with van der Waals surface area (Å²) in [5.74, 6) is -1.31. The Morgan fingerprint density at radius 1 is 1.20 bits per heavy atom. The molecule has 0 spiro atoms. The Labute approximate surface area is 118 Å². The minimum atomic E-state index is -3.00. The van der Waals surface area contributed by atoms with Crippen LogP contribution < -0.4 is 5.32 Å². The standard InChI is InChI=1S/C13H21NO5S/c15-11(8-10-4-7-20(18,19)9-10)14-13(12(16)17)5-2-1-3-6-13/h10H,1-9H2,(H,14,15)(H,16,17). The lowest BCUT2D eigenvalue weighted by molar-refractivity contribution is -0.149. The second kappa shape index (κ2) is 5.71. The van der Waals surface area contributed by atoms with E-state index in [2.05, 4.69) is 5.32 Å². The van der Waals surface area contributed by atoms with E-state index in [1.807, 2.05) is 0 Å². The second-order valence-electron chi connectivity index (χ2n) is 5.97. The van der Waals surface area contributed by atoms with Crippen molar-refractivity contribution >= 4 is 21.7 Å². The van der Waals surface area contributed by atoms with Crippen LogP contribution >= 0.6 is 0 Å². The Morgan fingerprint density at radius 2 is 1.85 bits per heavy atom. The summed E-state index contributed by atoms with van der Waals surface area (Å²) >= 11 is 0. The first kappa shape index (κ1) is 15.3. The van der Waals surface area contributed by atoms with Gasteiger partial charge in [0.1, 0.15) is 5.54 Å². The van der Waals surface area contributed by atoms with E-state index < -0.39 is 21.3 Å². The number of rotatable bonds is 4. The minimum absolute atomic E-state index is 0.0422. The summed E-state index contributed by atoms with van der Waals surface area (Å²) in [7, 11) is -3.00. The first-order valence-electron chi connectivity index (χ1n) is 7.08. The van der Waals surface area contributed by atoms with Gasteiger partial charge in [-0.2, -0.15) is 0 Å². The summed E-state index contributed by atoms with van der Waals surface area (Å²) in [5.41, 5.74) is -1.15. The van der Waals surface area contributed by atoms with E-state index in [1.54, 1.807) is 0 Å². The molecule has 1 aliphatic carbocycles. The lowest BCUT2D eigenvalue weighted by Gasteiger charge is -2.34. The average molecular weight is 303 g/mol. The molecule has 2 rings (SSSR count). The molecule has 0 bridgehead atoms. The van der Waals surface area contributed by atoms with Crippen LogP contribution in [0.3, 0.4) is 0 Å². The van der Waals surface area contributed by atoms with E-state index in [0.717, 1.165) is 19.3 Å². The van der Waals surface area contributed by atoms with Crippen LogP contribution in [-0.2, 0) is 19.4 Å². The van der Waals surface area contributed by atoms with Crippen molar-refractivity contribution in [2.24, 2.45) is 5.92 Å². The zero-order chi connectivity index (χ0) is 14.8. The van der Waals surface area contributed by atoms with Gasteiger partial charge in [0.05, 0.1) is 11.5 Å². The molecule has 1 saturated carbocycles. The van der Waals surface area contributed by atoms with Crippen LogP contribution in [0.1, 0.15) is 44.9 Å². The zero-order valence-corrected chi connectivity index (χ0v) is 12.2. The molecule has 0 aromatic carbocycles. The van der Waals surface area contributed by atoms with Crippen molar-refractivity contribution in [2.45, 2.75) is 50.5 Å². The van der Waals surface area contributed by atoms with Crippen LogP contribution in [0.5, 0.6) is 0 Å². The van der Waals surface area contributed by atoms with Crippen molar-refractivity contribution in [3.63, 3.8) is 0 Å². The number of amides is 1. The van der Waals surface area contributed by atoms with E-state index in [0.29, 0.717) is 19.3 Å². The van der Waals surface area contributed by atoms with E-state index >= 15 is 0 Å². The smallest absolute Gasteiger partial charge is 0.329 e. The maximum Gasteiger partial charge on any atom is 0.329 e. The molecule has 0 aromatic heterocycles. The molecule has 2 N–H and O–H groups in total. The Balaban J connectivity index is 1.94. The SMILES string of the molecule is O=C(CC1CCS(=O)(=O)C1)NC1(C(=O)O)CCCCC1. The summed E-state index contributed by atoms with van der Waals surface area (Å²) < 4.78 is 22.7. The van der Waals surface area contributed by atoms with Crippen molar-refractivity contribution in [1.82, 2.24) is 5.32 Å². The number of aliphatic carboxylic acids is 1. The molecular weight excluding hydrogens is 282 g/mol. The number of carboxylic acid groups (broad SMARTS) is 1. The Hall–Kier alpha value is -1.11. The number of carbonyl (C=O) groups is 2. The van der Waals surface area contributed by atoms with Gasteiger partial charge in [0.15, 0.2) is 9.84 Å². The van der Waals surface area contributed by atoms with Crippen LogP contribution in [0.4, 0.5) is 0 Å². The van der Waals surface area contributed by atoms with Crippen LogP contribution in [0, 0.1) is 5.92 Å². The largest absolute Gasteiger partial charge is 0.480 e. The van der Waals surface area contributed by atoms with Crippen molar-refractivity contribution in [3.05, 3.63) is 0 Å². The predicted octanol–water partition coefficient (Wildman–Crippen LogP) is 0.715. The van der Waals surface area contributed by atoms with Gasteiger partial charge in [-0.05, 0) is 25.2 Å². The van der Waals surface area contributed by atoms with Crippen molar-refractivity contribution in [1.29, 1.82) is 0 Å². The number of hydrogen-bond donors (Lipinski definition) is 2. The fourth-order valence-corrected chi connectivity index (χ4v) is 5.02. The molecule has 7 heteroatoms. The molecule has 1 atom stereocenters. The number of hydrogen-bond acceptors (Lipinski definition) is 4. The average Bonchev–Trinajstić information content (AvgIpc) is 2.69.